The summed E-state index contributed by atoms with van der Waals surface area (Å²) in [5, 5.41) is 3.10. The molecule has 0 bridgehead atoms. The molecule has 118 valence electrons. The lowest BCUT2D eigenvalue weighted by Crippen LogP contribution is -2.65. The third-order valence-corrected chi connectivity index (χ3v) is 4.69. The number of carbonyl (C=O) groups is 1. The Morgan fingerprint density at radius 2 is 2.10 bits per heavy atom. The third kappa shape index (κ3) is 3.27. The molecule has 1 spiro atoms. The number of methoxy groups -OCH3 is 1. The highest BCUT2D eigenvalue weighted by Gasteiger charge is 2.57. The summed E-state index contributed by atoms with van der Waals surface area (Å²) in [4.78, 5) is 12.0. The van der Waals surface area contributed by atoms with Crippen LogP contribution in [0.3, 0.4) is 0 Å². The van der Waals surface area contributed by atoms with Crippen molar-refractivity contribution in [1.29, 1.82) is 0 Å². The zero-order valence-corrected chi connectivity index (χ0v) is 13.2. The van der Waals surface area contributed by atoms with Crippen molar-refractivity contribution < 1.29 is 14.3 Å². The first-order valence-corrected chi connectivity index (χ1v) is 7.30. The lowest BCUT2D eigenvalue weighted by Gasteiger charge is -2.54. The number of hydrogen-bond acceptors (Lipinski definition) is 4. The molecule has 2 aliphatic carbocycles. The summed E-state index contributed by atoms with van der Waals surface area (Å²) in [6.45, 7) is 3.04. The Kier molecular flexibility index (Phi) is 6.72. The molecule has 3 atom stereocenters. The second kappa shape index (κ2) is 7.59. The molecule has 0 aromatic heterocycles. The molecule has 0 radical (unpaired) electrons. The third-order valence-electron chi connectivity index (χ3n) is 4.69. The smallest absolute Gasteiger partial charge is 0.239 e. The van der Waals surface area contributed by atoms with Gasteiger partial charge in [-0.3, -0.25) is 4.79 Å². The molecule has 0 heterocycles. The number of halogens is 1. The predicted octanol–water partition coefficient (Wildman–Crippen LogP) is 1.24. The first-order valence-electron chi connectivity index (χ1n) is 7.30. The number of carbonyl (C=O) groups excluding carboxylic acids is 1. The molecule has 2 aliphatic rings. The van der Waals surface area contributed by atoms with Crippen molar-refractivity contribution >= 4 is 18.3 Å². The van der Waals surface area contributed by atoms with Crippen LogP contribution in [0, 0.1) is 5.41 Å². The average molecular weight is 307 g/mol. The van der Waals surface area contributed by atoms with Gasteiger partial charge in [-0.25, -0.2) is 0 Å². The minimum Gasteiger partial charge on any atom is -0.383 e. The Hall–Kier alpha value is -0.360. The Morgan fingerprint density at radius 3 is 2.65 bits per heavy atom. The molecule has 2 fully saturated rings. The van der Waals surface area contributed by atoms with Crippen molar-refractivity contribution in [2.45, 2.75) is 57.2 Å². The van der Waals surface area contributed by atoms with Crippen LogP contribution in [0.15, 0.2) is 0 Å². The van der Waals surface area contributed by atoms with Gasteiger partial charge >= 0.3 is 0 Å². The van der Waals surface area contributed by atoms with Gasteiger partial charge in [0, 0.05) is 25.2 Å². The quantitative estimate of drug-likeness (QED) is 0.774. The van der Waals surface area contributed by atoms with Crippen molar-refractivity contribution in [3.63, 3.8) is 0 Å². The lowest BCUT2D eigenvalue weighted by atomic mass is 9.60. The van der Waals surface area contributed by atoms with Crippen molar-refractivity contribution in [3.8, 4) is 0 Å². The van der Waals surface area contributed by atoms with E-state index in [9.17, 15) is 4.79 Å². The number of ether oxygens (including phenoxy) is 2. The normalized spacial score (nSPS) is 28.6. The SMILES string of the molecule is CCOC1CC(NC(=O)C(N)COC)C12CCCC2.Cl. The highest BCUT2D eigenvalue weighted by molar-refractivity contribution is 5.85. The second-order valence-electron chi connectivity index (χ2n) is 5.74. The molecule has 0 saturated heterocycles. The largest absolute Gasteiger partial charge is 0.383 e. The maximum Gasteiger partial charge on any atom is 0.239 e. The van der Waals surface area contributed by atoms with E-state index in [4.69, 9.17) is 15.2 Å². The van der Waals surface area contributed by atoms with Crippen molar-refractivity contribution in [1.82, 2.24) is 5.32 Å². The van der Waals surface area contributed by atoms with Crippen LogP contribution in [0.4, 0.5) is 0 Å². The van der Waals surface area contributed by atoms with E-state index in [-0.39, 0.29) is 36.4 Å². The number of amides is 1. The lowest BCUT2D eigenvalue weighted by molar-refractivity contribution is -0.145. The second-order valence-corrected chi connectivity index (χ2v) is 5.74. The fraction of sp³-hybridized carbons (Fsp3) is 0.929. The fourth-order valence-electron chi connectivity index (χ4n) is 3.62. The number of nitrogens with one attached hydrogen (secondary N) is 1. The fourth-order valence-corrected chi connectivity index (χ4v) is 3.62. The van der Waals surface area contributed by atoms with Gasteiger partial charge in [0.2, 0.25) is 5.91 Å². The number of nitrogens with two attached hydrogens (primary N) is 1. The predicted molar refractivity (Wildman–Crippen MR) is 80.0 cm³/mol. The highest BCUT2D eigenvalue weighted by Crippen LogP contribution is 2.54. The van der Waals surface area contributed by atoms with Gasteiger partial charge < -0.3 is 20.5 Å². The van der Waals surface area contributed by atoms with Crippen LogP contribution in [0.1, 0.15) is 39.0 Å². The monoisotopic (exact) mass is 306 g/mol. The first kappa shape index (κ1) is 17.7. The van der Waals surface area contributed by atoms with Crippen molar-refractivity contribution in [2.24, 2.45) is 11.1 Å². The van der Waals surface area contributed by atoms with Crippen molar-refractivity contribution in [3.05, 3.63) is 0 Å². The molecule has 0 aromatic carbocycles. The topological polar surface area (TPSA) is 73.6 Å². The van der Waals surface area contributed by atoms with Crippen LogP contribution >= 0.6 is 12.4 Å². The van der Waals surface area contributed by atoms with Gasteiger partial charge in [-0.05, 0) is 26.2 Å². The standard InChI is InChI=1S/C14H26N2O3.ClH/c1-3-19-12-8-11(14(12)6-4-5-7-14)16-13(17)10(15)9-18-2;/h10-12H,3-9,15H2,1-2H3,(H,16,17);1H. The van der Waals surface area contributed by atoms with E-state index < -0.39 is 6.04 Å². The van der Waals surface area contributed by atoms with Crippen LogP contribution in [0.5, 0.6) is 0 Å². The average Bonchev–Trinajstić information content (AvgIpc) is 2.90. The molecule has 2 saturated carbocycles. The number of hydrogen-bond donors (Lipinski definition) is 2. The van der Waals surface area contributed by atoms with Gasteiger partial charge in [0.1, 0.15) is 6.04 Å². The summed E-state index contributed by atoms with van der Waals surface area (Å²) in [6, 6.07) is -0.350. The molecule has 0 aromatic rings. The summed E-state index contributed by atoms with van der Waals surface area (Å²) in [7, 11) is 1.56. The van der Waals surface area contributed by atoms with Crippen LogP contribution in [-0.4, -0.2) is 44.4 Å². The van der Waals surface area contributed by atoms with E-state index in [0.717, 1.165) is 25.9 Å². The summed E-state index contributed by atoms with van der Waals surface area (Å²) < 4.78 is 10.8. The number of rotatable bonds is 6. The molecule has 2 rings (SSSR count). The van der Waals surface area contributed by atoms with Crippen LogP contribution in [0.2, 0.25) is 0 Å². The van der Waals surface area contributed by atoms with E-state index >= 15 is 0 Å². The van der Waals surface area contributed by atoms with Gasteiger partial charge in [0.05, 0.1) is 12.7 Å². The molecule has 5 nitrogen and oxygen atoms in total. The van der Waals surface area contributed by atoms with Crippen LogP contribution < -0.4 is 11.1 Å². The van der Waals surface area contributed by atoms with E-state index in [1.54, 1.807) is 7.11 Å². The molecule has 3 unspecified atom stereocenters. The first-order chi connectivity index (χ1) is 9.14. The van der Waals surface area contributed by atoms with Gasteiger partial charge in [0.25, 0.3) is 0 Å². The Labute approximate surface area is 127 Å². The van der Waals surface area contributed by atoms with E-state index in [1.165, 1.54) is 12.8 Å². The molecule has 6 heteroatoms. The molecular weight excluding hydrogens is 280 g/mol. The Bertz CT molecular complexity index is 322. The van der Waals surface area contributed by atoms with E-state index in [0.29, 0.717) is 6.10 Å². The van der Waals surface area contributed by atoms with Gasteiger partial charge in [-0.2, -0.15) is 0 Å². The molecule has 1 amide bonds. The van der Waals surface area contributed by atoms with Gasteiger partial charge in [0.15, 0.2) is 0 Å². The molecule has 3 N–H and O–H groups in total. The van der Waals surface area contributed by atoms with E-state index in [2.05, 4.69) is 5.32 Å². The zero-order chi connectivity index (χ0) is 13.9. The summed E-state index contributed by atoms with van der Waals surface area (Å²) >= 11 is 0. The summed E-state index contributed by atoms with van der Waals surface area (Å²) in [5.41, 5.74) is 5.93. The minimum absolute atomic E-state index is 0. The maximum atomic E-state index is 12.0. The zero-order valence-electron chi connectivity index (χ0n) is 12.4. The highest BCUT2D eigenvalue weighted by atomic mass is 35.5. The minimum atomic E-state index is -0.574. The van der Waals surface area contributed by atoms with Crippen LogP contribution in [0.25, 0.3) is 0 Å². The molecule has 0 aliphatic heterocycles. The van der Waals surface area contributed by atoms with Gasteiger partial charge in [-0.15, -0.1) is 12.4 Å². The molecule has 20 heavy (non-hydrogen) atoms. The van der Waals surface area contributed by atoms with E-state index in [1.807, 2.05) is 6.92 Å². The maximum absolute atomic E-state index is 12.0. The summed E-state index contributed by atoms with van der Waals surface area (Å²) in [5.74, 6) is -0.104. The Morgan fingerprint density at radius 1 is 1.45 bits per heavy atom. The summed E-state index contributed by atoms with van der Waals surface area (Å²) in [6.07, 6.45) is 6.01. The molecular formula is C14H27ClN2O3. The van der Waals surface area contributed by atoms with Gasteiger partial charge in [-0.1, -0.05) is 12.8 Å². The van der Waals surface area contributed by atoms with Crippen molar-refractivity contribution in [2.75, 3.05) is 20.3 Å². The van der Waals surface area contributed by atoms with Crippen LogP contribution in [-0.2, 0) is 14.3 Å². The Balaban J connectivity index is 0.00000200.